The van der Waals surface area contributed by atoms with Gasteiger partial charge in [-0.05, 0) is 49.2 Å². The topological polar surface area (TPSA) is 76.7 Å². The van der Waals surface area contributed by atoms with Crippen LogP contribution in [-0.4, -0.2) is 32.1 Å². The van der Waals surface area contributed by atoms with Crippen LogP contribution in [0, 0.1) is 0 Å². The Hall–Kier alpha value is -3.02. The molecule has 0 aliphatic carbocycles. The summed E-state index contributed by atoms with van der Waals surface area (Å²) >= 11 is 0. The Morgan fingerprint density at radius 1 is 1.07 bits per heavy atom. The van der Waals surface area contributed by atoms with Crippen molar-refractivity contribution in [1.82, 2.24) is 10.6 Å². The molecule has 0 aliphatic heterocycles. The lowest BCUT2D eigenvalue weighted by molar-refractivity contribution is -0.120. The molecule has 2 aromatic rings. The number of amides is 2. The van der Waals surface area contributed by atoms with E-state index < -0.39 is 0 Å². The summed E-state index contributed by atoms with van der Waals surface area (Å²) in [5.74, 6) is 1.06. The third-order valence-corrected chi connectivity index (χ3v) is 4.51. The van der Waals surface area contributed by atoms with Gasteiger partial charge < -0.3 is 20.1 Å². The monoisotopic (exact) mass is 384 g/mol. The highest BCUT2D eigenvalue weighted by molar-refractivity contribution is 5.94. The molecule has 0 heterocycles. The normalized spacial score (nSPS) is 11.4. The van der Waals surface area contributed by atoms with Gasteiger partial charge in [0.1, 0.15) is 11.5 Å². The number of carbonyl (C=O) groups excluding carboxylic acids is 2. The van der Waals surface area contributed by atoms with Crippen molar-refractivity contribution in [3.63, 3.8) is 0 Å². The van der Waals surface area contributed by atoms with Crippen LogP contribution in [-0.2, 0) is 17.8 Å². The predicted octanol–water partition coefficient (Wildman–Crippen LogP) is 3.09. The molecule has 0 saturated heterocycles. The zero-order valence-electron chi connectivity index (χ0n) is 16.9. The number of hydrogen-bond donors (Lipinski definition) is 2. The molecule has 1 unspecified atom stereocenters. The first-order valence-corrected chi connectivity index (χ1v) is 9.34. The summed E-state index contributed by atoms with van der Waals surface area (Å²) in [6.45, 7) is 4.33. The Kier molecular flexibility index (Phi) is 7.87. The van der Waals surface area contributed by atoms with E-state index in [0.29, 0.717) is 23.6 Å². The third kappa shape index (κ3) is 6.01. The van der Waals surface area contributed by atoms with Gasteiger partial charge in [-0.3, -0.25) is 9.59 Å². The maximum Gasteiger partial charge on any atom is 0.251 e. The molecular formula is C22H28N2O4. The third-order valence-electron chi connectivity index (χ3n) is 4.51. The van der Waals surface area contributed by atoms with E-state index in [0.717, 1.165) is 17.5 Å². The van der Waals surface area contributed by atoms with Crippen LogP contribution in [0.3, 0.4) is 0 Å². The Morgan fingerprint density at radius 2 is 1.86 bits per heavy atom. The van der Waals surface area contributed by atoms with Crippen LogP contribution in [0.5, 0.6) is 11.5 Å². The smallest absolute Gasteiger partial charge is 0.251 e. The average molecular weight is 384 g/mol. The van der Waals surface area contributed by atoms with Crippen LogP contribution < -0.4 is 20.1 Å². The molecule has 28 heavy (non-hydrogen) atoms. The first-order chi connectivity index (χ1) is 13.5. The standard InChI is InChI=1S/C22H28N2O4/c1-5-15(2)24-22(26)17-8-6-7-16(11-17)14-23-21(25)13-18-12-19(27-3)9-10-20(18)28-4/h6-12,15H,5,13-14H2,1-4H3,(H,23,25)(H,24,26). The van der Waals surface area contributed by atoms with E-state index in [9.17, 15) is 9.59 Å². The van der Waals surface area contributed by atoms with E-state index in [-0.39, 0.29) is 24.3 Å². The van der Waals surface area contributed by atoms with Gasteiger partial charge in [0.15, 0.2) is 0 Å². The highest BCUT2D eigenvalue weighted by atomic mass is 16.5. The van der Waals surface area contributed by atoms with E-state index in [1.54, 1.807) is 44.6 Å². The van der Waals surface area contributed by atoms with Gasteiger partial charge in [0.05, 0.1) is 20.6 Å². The van der Waals surface area contributed by atoms with Crippen LogP contribution in [0.15, 0.2) is 42.5 Å². The van der Waals surface area contributed by atoms with Gasteiger partial charge in [-0.15, -0.1) is 0 Å². The molecule has 6 heteroatoms. The van der Waals surface area contributed by atoms with Gasteiger partial charge in [0.2, 0.25) is 5.91 Å². The summed E-state index contributed by atoms with van der Waals surface area (Å²) in [7, 11) is 3.15. The van der Waals surface area contributed by atoms with Gasteiger partial charge in [-0.25, -0.2) is 0 Å². The Morgan fingerprint density at radius 3 is 2.54 bits per heavy atom. The van der Waals surface area contributed by atoms with Gasteiger partial charge >= 0.3 is 0 Å². The minimum atomic E-state index is -0.138. The predicted molar refractivity (Wildman–Crippen MR) is 109 cm³/mol. The van der Waals surface area contributed by atoms with E-state index in [4.69, 9.17) is 9.47 Å². The number of hydrogen-bond acceptors (Lipinski definition) is 4. The van der Waals surface area contributed by atoms with Gasteiger partial charge in [0.25, 0.3) is 5.91 Å². The zero-order valence-corrected chi connectivity index (χ0v) is 16.9. The number of nitrogens with one attached hydrogen (secondary N) is 2. The molecule has 0 saturated carbocycles. The molecule has 0 spiro atoms. The van der Waals surface area contributed by atoms with E-state index >= 15 is 0 Å². The zero-order chi connectivity index (χ0) is 20.5. The fraction of sp³-hybridized carbons (Fsp3) is 0.364. The summed E-state index contributed by atoms with van der Waals surface area (Å²) in [5, 5.41) is 5.83. The molecule has 1 atom stereocenters. The maximum atomic E-state index is 12.4. The van der Waals surface area contributed by atoms with Crippen LogP contribution in [0.2, 0.25) is 0 Å². The Bertz CT molecular complexity index is 820. The van der Waals surface area contributed by atoms with E-state index in [2.05, 4.69) is 10.6 Å². The number of rotatable bonds is 9. The molecule has 2 N–H and O–H groups in total. The van der Waals surface area contributed by atoms with Crippen molar-refractivity contribution in [3.05, 3.63) is 59.2 Å². The van der Waals surface area contributed by atoms with Crippen LogP contribution in [0.1, 0.15) is 41.8 Å². The Balaban J connectivity index is 1.98. The van der Waals surface area contributed by atoms with Crippen molar-refractivity contribution in [2.75, 3.05) is 14.2 Å². The lowest BCUT2D eigenvalue weighted by atomic mass is 10.1. The molecule has 2 amide bonds. The second-order valence-electron chi connectivity index (χ2n) is 6.61. The van der Waals surface area contributed by atoms with Crippen LogP contribution in [0.25, 0.3) is 0 Å². The van der Waals surface area contributed by atoms with Crippen LogP contribution >= 0.6 is 0 Å². The molecule has 2 aromatic carbocycles. The lowest BCUT2D eigenvalue weighted by Crippen LogP contribution is -2.32. The molecule has 0 bridgehead atoms. The lowest BCUT2D eigenvalue weighted by Gasteiger charge is -2.13. The van der Waals surface area contributed by atoms with Gasteiger partial charge in [-0.2, -0.15) is 0 Å². The highest BCUT2D eigenvalue weighted by Crippen LogP contribution is 2.24. The minimum absolute atomic E-state index is 0.108. The second-order valence-corrected chi connectivity index (χ2v) is 6.61. The maximum absolute atomic E-state index is 12.4. The van der Waals surface area contributed by atoms with Crippen molar-refractivity contribution in [2.24, 2.45) is 0 Å². The molecular weight excluding hydrogens is 356 g/mol. The summed E-state index contributed by atoms with van der Waals surface area (Å²) in [4.78, 5) is 24.6. The highest BCUT2D eigenvalue weighted by Gasteiger charge is 2.12. The van der Waals surface area contributed by atoms with E-state index in [1.165, 1.54) is 0 Å². The molecule has 0 aliphatic rings. The quantitative estimate of drug-likeness (QED) is 0.697. The Labute approximate surface area is 166 Å². The van der Waals surface area contributed by atoms with Crippen molar-refractivity contribution in [3.8, 4) is 11.5 Å². The van der Waals surface area contributed by atoms with Crippen molar-refractivity contribution >= 4 is 11.8 Å². The van der Waals surface area contributed by atoms with E-state index in [1.807, 2.05) is 26.0 Å². The van der Waals surface area contributed by atoms with Crippen molar-refractivity contribution in [2.45, 2.75) is 39.3 Å². The first kappa shape index (κ1) is 21.3. The first-order valence-electron chi connectivity index (χ1n) is 9.34. The number of carbonyl (C=O) groups is 2. The minimum Gasteiger partial charge on any atom is -0.497 e. The SMILES string of the molecule is CCC(C)NC(=O)c1cccc(CNC(=O)Cc2cc(OC)ccc2OC)c1. The molecule has 0 aromatic heterocycles. The van der Waals surface area contributed by atoms with Gasteiger partial charge in [-0.1, -0.05) is 19.1 Å². The average Bonchev–Trinajstić information content (AvgIpc) is 2.72. The number of benzene rings is 2. The fourth-order valence-corrected chi connectivity index (χ4v) is 2.69. The molecule has 0 fully saturated rings. The second kappa shape index (κ2) is 10.3. The molecule has 150 valence electrons. The molecule has 0 radical (unpaired) electrons. The number of methoxy groups -OCH3 is 2. The summed E-state index contributed by atoms with van der Waals surface area (Å²) < 4.78 is 10.5. The summed E-state index contributed by atoms with van der Waals surface area (Å²) in [6, 6.07) is 12.7. The summed E-state index contributed by atoms with van der Waals surface area (Å²) in [6.07, 6.45) is 1.05. The van der Waals surface area contributed by atoms with Gasteiger partial charge in [0, 0.05) is 23.7 Å². The van der Waals surface area contributed by atoms with Crippen molar-refractivity contribution < 1.29 is 19.1 Å². The summed E-state index contributed by atoms with van der Waals surface area (Å²) in [5.41, 5.74) is 2.20. The molecule has 6 nitrogen and oxygen atoms in total. The largest absolute Gasteiger partial charge is 0.497 e. The fourth-order valence-electron chi connectivity index (χ4n) is 2.69. The van der Waals surface area contributed by atoms with Crippen molar-refractivity contribution in [1.29, 1.82) is 0 Å². The number of ether oxygens (including phenoxy) is 2. The molecule has 2 rings (SSSR count). The van der Waals surface area contributed by atoms with Crippen LogP contribution in [0.4, 0.5) is 0 Å².